The third kappa shape index (κ3) is 5.89. The fourth-order valence-corrected chi connectivity index (χ4v) is 1.50. The van der Waals surface area contributed by atoms with Crippen molar-refractivity contribution in [2.24, 2.45) is 0 Å². The second kappa shape index (κ2) is 7.82. The van der Waals surface area contributed by atoms with Gasteiger partial charge in [0.05, 0.1) is 6.61 Å². The molecule has 8 nitrogen and oxygen atoms in total. The first-order chi connectivity index (χ1) is 9.51. The Labute approximate surface area is 115 Å². The molecule has 0 radical (unpaired) electrons. The molecule has 1 heterocycles. The lowest BCUT2D eigenvalue weighted by atomic mass is 10.2. The van der Waals surface area contributed by atoms with Gasteiger partial charge in [0.25, 0.3) is 0 Å². The first-order valence-electron chi connectivity index (χ1n) is 6.17. The van der Waals surface area contributed by atoms with E-state index in [0.29, 0.717) is 24.3 Å². The second-order valence-electron chi connectivity index (χ2n) is 3.97. The third-order valence-corrected chi connectivity index (χ3v) is 2.30. The summed E-state index contributed by atoms with van der Waals surface area (Å²) in [7, 11) is 0. The van der Waals surface area contributed by atoms with E-state index in [4.69, 9.17) is 5.73 Å². The zero-order valence-corrected chi connectivity index (χ0v) is 11.2. The predicted octanol–water partition coefficient (Wildman–Crippen LogP) is -0.638. The Morgan fingerprint density at radius 1 is 1.35 bits per heavy atom. The summed E-state index contributed by atoms with van der Waals surface area (Å²) in [6.07, 6.45) is 0.424. The number of amides is 2. The van der Waals surface area contributed by atoms with Crippen LogP contribution >= 0.6 is 0 Å². The standard InChI is InChI=1S/C12H18N4O4/c1-2-20-11(18)7-15-12(19)14-4-3-9-5-8(13)6-10(17)16-9/h5-6H,2-4,7H2,1H3,(H3,13,16,17)(H2,14,15,19). The third-order valence-electron chi connectivity index (χ3n) is 2.30. The highest BCUT2D eigenvalue weighted by molar-refractivity contribution is 5.80. The molecule has 20 heavy (non-hydrogen) atoms. The number of esters is 1. The molecule has 0 saturated carbocycles. The first-order valence-corrected chi connectivity index (χ1v) is 6.17. The summed E-state index contributed by atoms with van der Waals surface area (Å²) >= 11 is 0. The minimum atomic E-state index is -0.497. The number of hydrogen-bond acceptors (Lipinski definition) is 5. The average Bonchev–Trinajstić information content (AvgIpc) is 2.35. The van der Waals surface area contributed by atoms with Crippen molar-refractivity contribution >= 4 is 17.7 Å². The van der Waals surface area contributed by atoms with E-state index in [1.807, 2.05) is 0 Å². The van der Waals surface area contributed by atoms with Crippen LogP contribution in [0.25, 0.3) is 0 Å². The lowest BCUT2D eigenvalue weighted by molar-refractivity contribution is -0.141. The molecule has 0 saturated heterocycles. The van der Waals surface area contributed by atoms with Crippen molar-refractivity contribution in [2.45, 2.75) is 13.3 Å². The van der Waals surface area contributed by atoms with Gasteiger partial charge in [-0.2, -0.15) is 0 Å². The van der Waals surface area contributed by atoms with Gasteiger partial charge in [0.1, 0.15) is 6.54 Å². The van der Waals surface area contributed by atoms with Gasteiger partial charge in [-0.3, -0.25) is 9.59 Å². The topological polar surface area (TPSA) is 126 Å². The SMILES string of the molecule is CCOC(=O)CNC(=O)NCCc1cc(N)cc(=O)[nH]1. The average molecular weight is 282 g/mol. The summed E-state index contributed by atoms with van der Waals surface area (Å²) in [4.78, 5) is 36.1. The number of nitrogens with one attached hydrogen (secondary N) is 3. The molecule has 5 N–H and O–H groups in total. The van der Waals surface area contributed by atoms with Gasteiger partial charge >= 0.3 is 12.0 Å². The number of aromatic amines is 1. The monoisotopic (exact) mass is 282 g/mol. The van der Waals surface area contributed by atoms with Crippen LogP contribution in [0.1, 0.15) is 12.6 Å². The number of hydrogen-bond donors (Lipinski definition) is 4. The van der Waals surface area contributed by atoms with Crippen molar-refractivity contribution < 1.29 is 14.3 Å². The Morgan fingerprint density at radius 3 is 2.75 bits per heavy atom. The smallest absolute Gasteiger partial charge is 0.325 e. The molecule has 0 unspecified atom stereocenters. The molecule has 0 aromatic carbocycles. The molecule has 1 aromatic rings. The number of urea groups is 1. The van der Waals surface area contributed by atoms with Crippen molar-refractivity contribution in [1.29, 1.82) is 0 Å². The van der Waals surface area contributed by atoms with Crippen LogP contribution in [0.15, 0.2) is 16.9 Å². The summed E-state index contributed by atoms with van der Waals surface area (Å²) in [5, 5.41) is 4.90. The highest BCUT2D eigenvalue weighted by atomic mass is 16.5. The van der Waals surface area contributed by atoms with Crippen LogP contribution in [-0.4, -0.2) is 36.7 Å². The van der Waals surface area contributed by atoms with Gasteiger partial charge in [-0.1, -0.05) is 0 Å². The molecular weight excluding hydrogens is 264 g/mol. The fourth-order valence-electron chi connectivity index (χ4n) is 1.50. The summed E-state index contributed by atoms with van der Waals surface area (Å²) in [5.41, 5.74) is 6.24. The molecule has 1 aromatic heterocycles. The van der Waals surface area contributed by atoms with Gasteiger partial charge < -0.3 is 26.1 Å². The minimum absolute atomic E-state index is 0.186. The lowest BCUT2D eigenvalue weighted by Gasteiger charge is -2.07. The van der Waals surface area contributed by atoms with Gasteiger partial charge in [0.15, 0.2) is 0 Å². The number of nitrogens with two attached hydrogens (primary N) is 1. The van der Waals surface area contributed by atoms with Gasteiger partial charge in [-0.05, 0) is 13.0 Å². The normalized spacial score (nSPS) is 9.85. The van der Waals surface area contributed by atoms with Crippen LogP contribution in [0.5, 0.6) is 0 Å². The molecule has 0 aliphatic carbocycles. The van der Waals surface area contributed by atoms with E-state index in [0.717, 1.165) is 0 Å². The van der Waals surface area contributed by atoms with Crippen LogP contribution in [0, 0.1) is 0 Å². The Bertz CT molecular complexity index is 526. The molecule has 0 fully saturated rings. The van der Waals surface area contributed by atoms with Gasteiger partial charge in [-0.15, -0.1) is 0 Å². The van der Waals surface area contributed by atoms with E-state index in [2.05, 4.69) is 20.4 Å². The van der Waals surface area contributed by atoms with E-state index in [-0.39, 0.29) is 18.7 Å². The number of pyridine rings is 1. The van der Waals surface area contributed by atoms with E-state index in [1.54, 1.807) is 13.0 Å². The van der Waals surface area contributed by atoms with Gasteiger partial charge in [0, 0.05) is 30.4 Å². The number of ether oxygens (including phenoxy) is 1. The minimum Gasteiger partial charge on any atom is -0.465 e. The Hall–Kier alpha value is -2.51. The van der Waals surface area contributed by atoms with E-state index in [1.165, 1.54) is 6.07 Å². The number of anilines is 1. The predicted molar refractivity (Wildman–Crippen MR) is 73.2 cm³/mol. The molecule has 0 aliphatic heterocycles. The number of H-pyrrole nitrogens is 1. The fraction of sp³-hybridized carbons (Fsp3) is 0.417. The maximum Gasteiger partial charge on any atom is 0.325 e. The molecule has 2 amide bonds. The van der Waals surface area contributed by atoms with E-state index < -0.39 is 12.0 Å². The first kappa shape index (κ1) is 15.5. The van der Waals surface area contributed by atoms with Crippen LogP contribution < -0.4 is 21.9 Å². The van der Waals surface area contributed by atoms with Crippen molar-refractivity contribution in [3.05, 3.63) is 28.2 Å². The van der Waals surface area contributed by atoms with Gasteiger partial charge in [-0.25, -0.2) is 4.79 Å². The van der Waals surface area contributed by atoms with E-state index >= 15 is 0 Å². The zero-order chi connectivity index (χ0) is 15.0. The largest absolute Gasteiger partial charge is 0.465 e. The number of nitrogen functional groups attached to an aromatic ring is 1. The van der Waals surface area contributed by atoms with Crippen molar-refractivity contribution in [2.75, 3.05) is 25.4 Å². The van der Waals surface area contributed by atoms with Crippen LogP contribution in [0.4, 0.5) is 10.5 Å². The lowest BCUT2D eigenvalue weighted by Crippen LogP contribution is -2.39. The van der Waals surface area contributed by atoms with Crippen molar-refractivity contribution in [1.82, 2.24) is 15.6 Å². The molecule has 0 bridgehead atoms. The van der Waals surface area contributed by atoms with Crippen LogP contribution in [0.3, 0.4) is 0 Å². The maximum absolute atomic E-state index is 11.3. The van der Waals surface area contributed by atoms with Crippen LogP contribution in [-0.2, 0) is 16.0 Å². The van der Waals surface area contributed by atoms with Gasteiger partial charge in [0.2, 0.25) is 5.56 Å². The molecule has 1 rings (SSSR count). The number of carbonyl (C=O) groups excluding carboxylic acids is 2. The second-order valence-corrected chi connectivity index (χ2v) is 3.97. The Balaban J connectivity index is 2.28. The molecule has 110 valence electrons. The number of aromatic nitrogens is 1. The Morgan fingerprint density at radius 2 is 2.10 bits per heavy atom. The molecule has 0 aliphatic rings. The van der Waals surface area contributed by atoms with Crippen LogP contribution in [0.2, 0.25) is 0 Å². The van der Waals surface area contributed by atoms with Crippen molar-refractivity contribution in [3.8, 4) is 0 Å². The van der Waals surface area contributed by atoms with E-state index in [9.17, 15) is 14.4 Å². The zero-order valence-electron chi connectivity index (χ0n) is 11.2. The number of carbonyl (C=O) groups is 2. The summed E-state index contributed by atoms with van der Waals surface area (Å²) in [5.74, 6) is -0.497. The summed E-state index contributed by atoms with van der Waals surface area (Å²) in [6.45, 7) is 2.07. The molecular formula is C12H18N4O4. The molecule has 0 spiro atoms. The quantitative estimate of drug-likeness (QED) is 0.516. The molecule has 8 heteroatoms. The highest BCUT2D eigenvalue weighted by Gasteiger charge is 2.05. The molecule has 0 atom stereocenters. The maximum atomic E-state index is 11.3. The van der Waals surface area contributed by atoms with Crippen molar-refractivity contribution in [3.63, 3.8) is 0 Å². The highest BCUT2D eigenvalue weighted by Crippen LogP contribution is 1.99. The Kier molecular flexibility index (Phi) is 6.08. The number of rotatable bonds is 6. The summed E-state index contributed by atoms with van der Waals surface area (Å²) in [6, 6.07) is 2.42. The summed E-state index contributed by atoms with van der Waals surface area (Å²) < 4.78 is 4.66.